The van der Waals surface area contributed by atoms with Crippen molar-refractivity contribution < 1.29 is 54.4 Å². The van der Waals surface area contributed by atoms with Crippen molar-refractivity contribution in [1.82, 2.24) is 5.32 Å². The number of rotatable bonds is 14. The van der Waals surface area contributed by atoms with Crippen LogP contribution in [-0.2, 0) is 27.4 Å². The van der Waals surface area contributed by atoms with Crippen LogP contribution in [0.1, 0.15) is 68.8 Å². The minimum atomic E-state index is -2.27. The van der Waals surface area contributed by atoms with Gasteiger partial charge in [0, 0.05) is 49.0 Å². The number of nitrogens with one attached hydrogen (secondary N) is 1. The molecule has 3 aromatic rings. The van der Waals surface area contributed by atoms with E-state index in [-0.39, 0.29) is 35.8 Å². The van der Waals surface area contributed by atoms with Gasteiger partial charge in [0.1, 0.15) is 59.4 Å². The molecule has 1 saturated heterocycles. The maximum Gasteiger partial charge on any atom is 0.226 e. The normalized spacial score (nSPS) is 25.8. The molecule has 1 aliphatic carbocycles. The molecule has 5 heterocycles. The predicted molar refractivity (Wildman–Crippen MR) is 216 cm³/mol. The number of nitrogens with zero attached hydrogens (tertiary/aromatic N) is 2. The predicted octanol–water partition coefficient (Wildman–Crippen LogP) is 3.02. The standard InChI is InChI=1S/C44H53N3O12/c1-25-16-33(50)31-17-28-18-35(59-56-24-44(55,40(53)37(52)34(51)23-48)19-26-6-8-30(49)9-7-26)42(2,14-10-29-20-46-41(54)43(29)12-4-3-5-13-43)58-38(28)36(39(31)57-25)47-21-27-11-15-45-32(27)22-47/h6-9,11,15-17,21,29,34-35,37,40,48-49,51-53,55H,3-5,10,12-14,18-20,22-24H2,1-2H3,(H,46,54)/t29-,34+,35+,37+,40-,42+,44-/m0/s1. The number of hydrogen-bond acceptors (Lipinski definition) is 14. The number of aliphatic hydroxyl groups is 5. The van der Waals surface area contributed by atoms with Crippen LogP contribution < -0.4 is 20.4 Å². The number of carbonyl (C=O) groups is 1. The number of aromatic hydroxyl groups is 1. The Morgan fingerprint density at radius 1 is 1.10 bits per heavy atom. The molecule has 0 unspecified atom stereocenters. The monoisotopic (exact) mass is 815 g/mol. The fourth-order valence-corrected chi connectivity index (χ4v) is 9.65. The van der Waals surface area contributed by atoms with E-state index in [9.17, 15) is 40.2 Å². The number of allylic oxidation sites excluding steroid dienone is 1. The highest BCUT2D eigenvalue weighted by atomic mass is 17.2. The number of fused-ring (bicyclic) bond motifs is 3. The van der Waals surface area contributed by atoms with E-state index in [4.69, 9.17) is 18.9 Å². The molecule has 15 nitrogen and oxygen atoms in total. The Morgan fingerprint density at radius 3 is 2.59 bits per heavy atom. The number of hydrogen-bond donors (Lipinski definition) is 7. The Kier molecular flexibility index (Phi) is 11.2. The van der Waals surface area contributed by atoms with Crippen molar-refractivity contribution in [3.63, 3.8) is 0 Å². The zero-order chi connectivity index (χ0) is 41.7. The van der Waals surface area contributed by atoms with E-state index in [1.165, 1.54) is 30.3 Å². The molecule has 8 rings (SSSR count). The molecule has 1 saturated carbocycles. The summed E-state index contributed by atoms with van der Waals surface area (Å²) in [5.74, 6) is 1.07. The summed E-state index contributed by atoms with van der Waals surface area (Å²) >= 11 is 0. The van der Waals surface area contributed by atoms with Gasteiger partial charge in [0.05, 0.1) is 29.7 Å². The lowest BCUT2D eigenvalue weighted by atomic mass is 9.65. The Hall–Kier alpha value is -4.61. The van der Waals surface area contributed by atoms with E-state index in [2.05, 4.69) is 10.3 Å². The van der Waals surface area contributed by atoms with Crippen LogP contribution in [0.2, 0.25) is 0 Å². The molecule has 7 atom stereocenters. The first kappa shape index (κ1) is 41.1. The Morgan fingerprint density at radius 2 is 1.86 bits per heavy atom. The molecular formula is C44H53N3O12. The van der Waals surface area contributed by atoms with Crippen molar-refractivity contribution in [2.24, 2.45) is 16.3 Å². The number of aliphatic hydroxyl groups excluding tert-OH is 4. The van der Waals surface area contributed by atoms with Gasteiger partial charge in [-0.05, 0) is 75.3 Å². The number of amides is 1. The van der Waals surface area contributed by atoms with Gasteiger partial charge in [0.25, 0.3) is 0 Å². The summed E-state index contributed by atoms with van der Waals surface area (Å²) in [6.45, 7) is 3.03. The number of aliphatic imine (C=N–C) groups is 1. The molecule has 15 heteroatoms. The molecule has 316 valence electrons. The summed E-state index contributed by atoms with van der Waals surface area (Å²) in [5.41, 5.74) is -0.210. The van der Waals surface area contributed by atoms with Gasteiger partial charge >= 0.3 is 0 Å². The SMILES string of the molecule is Cc1cc(=O)c2cc3c(c(N4C=C5C=CN=C5C4)c2o1)O[C@](C)(CC[C@H]1CNC(=O)C12CCCCC2)[C@H](OOC[C@@](O)(Cc1ccc(O)cc1)[C@@H](O)[C@H](O)[C@H](O)CO)C3. The van der Waals surface area contributed by atoms with E-state index in [0.717, 1.165) is 43.4 Å². The Labute approximate surface area is 341 Å². The highest BCUT2D eigenvalue weighted by molar-refractivity contribution is 6.12. The minimum Gasteiger partial charge on any atom is -0.508 e. The summed E-state index contributed by atoms with van der Waals surface area (Å²) < 4.78 is 13.4. The maximum absolute atomic E-state index is 13.5. The summed E-state index contributed by atoms with van der Waals surface area (Å²) in [4.78, 5) is 45.5. The topological polar surface area (TPSA) is 224 Å². The molecule has 5 aliphatic rings. The highest BCUT2D eigenvalue weighted by Crippen LogP contribution is 2.51. The minimum absolute atomic E-state index is 0.0177. The number of ether oxygens (including phenoxy) is 1. The highest BCUT2D eigenvalue weighted by Gasteiger charge is 2.53. The van der Waals surface area contributed by atoms with E-state index in [1.54, 1.807) is 19.2 Å². The quantitative estimate of drug-likeness (QED) is 0.0920. The maximum atomic E-state index is 13.5. The van der Waals surface area contributed by atoms with Gasteiger partial charge in [0.2, 0.25) is 5.91 Å². The van der Waals surface area contributed by atoms with Crippen LogP contribution in [0.25, 0.3) is 11.0 Å². The molecule has 7 N–H and O–H groups in total. The van der Waals surface area contributed by atoms with Crippen LogP contribution in [0.3, 0.4) is 0 Å². The van der Waals surface area contributed by atoms with Crippen LogP contribution in [0.15, 0.2) is 74.7 Å². The second-order valence-electron chi connectivity index (χ2n) is 17.2. The lowest BCUT2D eigenvalue weighted by Gasteiger charge is -2.44. The van der Waals surface area contributed by atoms with E-state index in [0.29, 0.717) is 65.2 Å². The number of aryl methyl sites for hydroxylation is 1. The fraction of sp³-hybridized carbons (Fsp3) is 0.523. The average Bonchev–Trinajstić information content (AvgIpc) is 3.91. The van der Waals surface area contributed by atoms with Crippen molar-refractivity contribution in [1.29, 1.82) is 0 Å². The second-order valence-corrected chi connectivity index (χ2v) is 17.2. The van der Waals surface area contributed by atoms with Gasteiger partial charge in [-0.15, -0.1) is 0 Å². The van der Waals surface area contributed by atoms with Crippen LogP contribution >= 0.6 is 0 Å². The van der Waals surface area contributed by atoms with Crippen LogP contribution in [0.4, 0.5) is 5.69 Å². The van der Waals surface area contributed by atoms with E-state index < -0.39 is 54.2 Å². The van der Waals surface area contributed by atoms with Gasteiger partial charge in [0.15, 0.2) is 16.8 Å². The smallest absolute Gasteiger partial charge is 0.226 e. The molecule has 2 aromatic carbocycles. The fourth-order valence-electron chi connectivity index (χ4n) is 9.65. The molecule has 1 aromatic heterocycles. The zero-order valence-corrected chi connectivity index (χ0v) is 33.3. The van der Waals surface area contributed by atoms with Crippen molar-refractivity contribution in [2.45, 2.75) is 107 Å². The lowest BCUT2D eigenvalue weighted by Crippen LogP contribution is -2.58. The summed E-state index contributed by atoms with van der Waals surface area (Å²) in [7, 11) is 0. The third-order valence-corrected chi connectivity index (χ3v) is 13.2. The van der Waals surface area contributed by atoms with E-state index in [1.807, 2.05) is 24.1 Å². The summed E-state index contributed by atoms with van der Waals surface area (Å²) in [5, 5.41) is 66.9. The van der Waals surface area contributed by atoms with Crippen molar-refractivity contribution in [3.05, 3.63) is 87.6 Å². The molecule has 1 spiro atoms. The number of anilines is 1. The molecule has 0 radical (unpaired) electrons. The van der Waals surface area contributed by atoms with Gasteiger partial charge in [-0.25, -0.2) is 9.78 Å². The Balaban J connectivity index is 1.15. The third kappa shape index (κ3) is 7.69. The molecule has 59 heavy (non-hydrogen) atoms. The van der Waals surface area contributed by atoms with Gasteiger partial charge in [-0.2, -0.15) is 0 Å². The zero-order valence-electron chi connectivity index (χ0n) is 33.3. The van der Waals surface area contributed by atoms with Gasteiger partial charge in [-0.3, -0.25) is 14.6 Å². The lowest BCUT2D eigenvalue weighted by molar-refractivity contribution is -0.371. The first-order valence-corrected chi connectivity index (χ1v) is 20.5. The Bertz CT molecular complexity index is 2230. The molecule has 1 amide bonds. The number of benzene rings is 2. The van der Waals surface area contributed by atoms with Crippen molar-refractivity contribution in [3.8, 4) is 11.5 Å². The molecular weight excluding hydrogens is 762 g/mol. The summed E-state index contributed by atoms with van der Waals surface area (Å²) in [6, 6.07) is 9.04. The molecule has 0 bridgehead atoms. The first-order valence-electron chi connectivity index (χ1n) is 20.5. The molecule has 4 aliphatic heterocycles. The van der Waals surface area contributed by atoms with E-state index >= 15 is 0 Å². The second kappa shape index (κ2) is 16.1. The number of carbonyl (C=O) groups excluding carboxylic acids is 1. The average molecular weight is 816 g/mol. The van der Waals surface area contributed by atoms with Crippen LogP contribution in [-0.4, -0.2) is 104 Å². The van der Waals surface area contributed by atoms with Crippen LogP contribution in [0, 0.1) is 18.3 Å². The van der Waals surface area contributed by atoms with Crippen molar-refractivity contribution >= 4 is 28.3 Å². The van der Waals surface area contributed by atoms with Crippen LogP contribution in [0.5, 0.6) is 11.5 Å². The third-order valence-electron chi connectivity index (χ3n) is 13.2. The van der Waals surface area contributed by atoms with Gasteiger partial charge in [-0.1, -0.05) is 31.4 Å². The molecule has 2 fully saturated rings. The largest absolute Gasteiger partial charge is 0.508 e. The van der Waals surface area contributed by atoms with Gasteiger partial charge < -0.3 is 50.0 Å². The number of phenols is 1. The number of phenolic OH excluding ortho intramolecular Hbond substituents is 1. The summed E-state index contributed by atoms with van der Waals surface area (Å²) in [6.07, 6.45) is 4.66. The van der Waals surface area contributed by atoms with Crippen molar-refractivity contribution in [2.75, 3.05) is 31.2 Å². The first-order chi connectivity index (χ1) is 28.2.